The molecule has 2 rings (SSSR count). The van der Waals surface area contributed by atoms with Gasteiger partial charge < -0.3 is 10.2 Å². The number of amides is 1. The second kappa shape index (κ2) is 6.78. The second-order valence-corrected chi connectivity index (χ2v) is 4.91. The predicted molar refractivity (Wildman–Crippen MR) is 86.1 cm³/mol. The Morgan fingerprint density at radius 1 is 1.55 bits per heavy atom. The van der Waals surface area contributed by atoms with Crippen LogP contribution >= 0.6 is 11.6 Å². The molecular formula is C15H13ClN4O2. The zero-order valence-corrected chi connectivity index (χ0v) is 12.5. The van der Waals surface area contributed by atoms with Crippen LogP contribution in [-0.4, -0.2) is 29.7 Å². The molecule has 0 saturated carbocycles. The number of carbonyl (C=O) groups is 1. The van der Waals surface area contributed by atoms with Crippen molar-refractivity contribution in [1.29, 1.82) is 0 Å². The molecule has 6 nitrogen and oxygen atoms in total. The van der Waals surface area contributed by atoms with E-state index in [1.54, 1.807) is 31.3 Å². The molecule has 0 atom stereocenters. The molecule has 0 spiro atoms. The monoisotopic (exact) mass is 316 g/mol. The molecule has 7 heteroatoms. The third-order valence-electron chi connectivity index (χ3n) is 2.88. The van der Waals surface area contributed by atoms with Crippen LogP contribution in [0.15, 0.2) is 35.3 Å². The number of nitrogens with zero attached hydrogens (tertiary/aromatic N) is 2. The van der Waals surface area contributed by atoms with Crippen LogP contribution in [0, 0.1) is 12.3 Å². The lowest BCUT2D eigenvalue weighted by atomic mass is 10.2. The Labute approximate surface area is 132 Å². The summed E-state index contributed by atoms with van der Waals surface area (Å²) in [5.41, 5.74) is 1.14. The van der Waals surface area contributed by atoms with Crippen molar-refractivity contribution in [3.8, 4) is 12.3 Å². The summed E-state index contributed by atoms with van der Waals surface area (Å²) in [5.74, 6) is 2.22. The number of terminal acetylenes is 1. The van der Waals surface area contributed by atoms with Crippen molar-refractivity contribution in [2.75, 3.05) is 23.8 Å². The maximum atomic E-state index is 12.0. The molecule has 0 aliphatic carbocycles. The van der Waals surface area contributed by atoms with Gasteiger partial charge in [-0.15, -0.1) is 6.42 Å². The predicted octanol–water partition coefficient (Wildman–Crippen LogP) is 1.48. The Balaban J connectivity index is 2.07. The quantitative estimate of drug-likeness (QED) is 0.838. The van der Waals surface area contributed by atoms with Gasteiger partial charge in [0.1, 0.15) is 5.02 Å². The summed E-state index contributed by atoms with van der Waals surface area (Å²) < 4.78 is 0. The first-order valence-corrected chi connectivity index (χ1v) is 6.70. The molecule has 0 fully saturated rings. The summed E-state index contributed by atoms with van der Waals surface area (Å²) in [5, 5.41) is 8.59. The molecule has 0 saturated heterocycles. The van der Waals surface area contributed by atoms with Gasteiger partial charge in [-0.2, -0.15) is 5.10 Å². The third kappa shape index (κ3) is 3.65. The standard InChI is InChI=1S/C15H13ClN4O2/c1-3-10-5-4-6-11(7-10)18-13(21)9-20(2)12-8-17-19-15(22)14(12)16/h1,4-8H,9H2,2H3,(H,18,21)(H,19,22). The fraction of sp³-hybridized carbons (Fsp3) is 0.133. The van der Waals surface area contributed by atoms with E-state index in [0.29, 0.717) is 16.9 Å². The van der Waals surface area contributed by atoms with Gasteiger partial charge >= 0.3 is 0 Å². The number of nitrogens with one attached hydrogen (secondary N) is 2. The van der Waals surface area contributed by atoms with Gasteiger partial charge in [-0.05, 0) is 18.2 Å². The number of aromatic nitrogens is 2. The number of H-pyrrole nitrogens is 1. The fourth-order valence-corrected chi connectivity index (χ4v) is 2.06. The number of likely N-dealkylation sites (N-methyl/N-ethyl adjacent to an activating group) is 1. The van der Waals surface area contributed by atoms with Gasteiger partial charge in [-0.1, -0.05) is 23.6 Å². The second-order valence-electron chi connectivity index (χ2n) is 4.53. The molecule has 0 radical (unpaired) electrons. The summed E-state index contributed by atoms with van der Waals surface area (Å²) in [6.07, 6.45) is 6.70. The first kappa shape index (κ1) is 15.6. The van der Waals surface area contributed by atoms with E-state index >= 15 is 0 Å². The van der Waals surface area contributed by atoms with Crippen molar-refractivity contribution in [2.45, 2.75) is 0 Å². The number of hydrogen-bond donors (Lipinski definition) is 2. The normalized spacial score (nSPS) is 9.86. The van der Waals surface area contributed by atoms with Crippen LogP contribution in [0.25, 0.3) is 0 Å². The van der Waals surface area contributed by atoms with Crippen LogP contribution in [0.2, 0.25) is 5.02 Å². The minimum atomic E-state index is -0.506. The lowest BCUT2D eigenvalue weighted by Crippen LogP contribution is -2.31. The van der Waals surface area contributed by atoms with Crippen LogP contribution in [0.5, 0.6) is 0 Å². The van der Waals surface area contributed by atoms with Gasteiger partial charge in [-0.3, -0.25) is 9.59 Å². The summed E-state index contributed by atoms with van der Waals surface area (Å²) in [6, 6.07) is 6.95. The van der Waals surface area contributed by atoms with Crippen molar-refractivity contribution >= 4 is 28.9 Å². The van der Waals surface area contributed by atoms with E-state index in [4.69, 9.17) is 18.0 Å². The highest BCUT2D eigenvalue weighted by atomic mass is 35.5. The van der Waals surface area contributed by atoms with Gasteiger partial charge in [0.05, 0.1) is 18.4 Å². The van der Waals surface area contributed by atoms with Crippen LogP contribution in [-0.2, 0) is 4.79 Å². The van der Waals surface area contributed by atoms with Crippen molar-refractivity contribution in [3.63, 3.8) is 0 Å². The van der Waals surface area contributed by atoms with Crippen molar-refractivity contribution in [2.24, 2.45) is 0 Å². The highest BCUT2D eigenvalue weighted by molar-refractivity contribution is 6.33. The number of anilines is 2. The van der Waals surface area contributed by atoms with Crippen molar-refractivity contribution in [1.82, 2.24) is 10.2 Å². The average molecular weight is 317 g/mol. The van der Waals surface area contributed by atoms with Crippen LogP contribution in [0.3, 0.4) is 0 Å². The van der Waals surface area contributed by atoms with Crippen LogP contribution in [0.1, 0.15) is 5.56 Å². The minimum Gasteiger partial charge on any atom is -0.363 e. The van der Waals surface area contributed by atoms with Crippen molar-refractivity contribution < 1.29 is 4.79 Å². The average Bonchev–Trinajstić information content (AvgIpc) is 2.50. The number of hydrogen-bond acceptors (Lipinski definition) is 4. The fourth-order valence-electron chi connectivity index (χ4n) is 1.83. The number of benzene rings is 1. The minimum absolute atomic E-state index is 0.00509. The molecule has 0 aliphatic heterocycles. The maximum absolute atomic E-state index is 12.0. The Kier molecular flexibility index (Phi) is 4.81. The van der Waals surface area contributed by atoms with Gasteiger partial charge in [0.25, 0.3) is 5.56 Å². The lowest BCUT2D eigenvalue weighted by Gasteiger charge is -2.18. The largest absolute Gasteiger partial charge is 0.363 e. The Morgan fingerprint density at radius 2 is 2.32 bits per heavy atom. The number of carbonyl (C=O) groups excluding carboxylic acids is 1. The molecule has 0 bridgehead atoms. The molecule has 22 heavy (non-hydrogen) atoms. The summed E-state index contributed by atoms with van der Waals surface area (Å²) in [7, 11) is 1.64. The smallest absolute Gasteiger partial charge is 0.285 e. The zero-order valence-electron chi connectivity index (χ0n) is 11.8. The number of aromatic amines is 1. The van der Waals surface area contributed by atoms with E-state index in [2.05, 4.69) is 21.4 Å². The summed E-state index contributed by atoms with van der Waals surface area (Å²) in [4.78, 5) is 25.0. The highest BCUT2D eigenvalue weighted by Crippen LogP contribution is 2.18. The highest BCUT2D eigenvalue weighted by Gasteiger charge is 2.13. The Bertz CT molecular complexity index is 795. The van der Waals surface area contributed by atoms with E-state index < -0.39 is 5.56 Å². The van der Waals surface area contributed by atoms with Crippen LogP contribution < -0.4 is 15.8 Å². The number of rotatable bonds is 4. The molecule has 1 aromatic heterocycles. The van der Waals surface area contributed by atoms with E-state index in [1.807, 2.05) is 0 Å². The maximum Gasteiger partial charge on any atom is 0.285 e. The molecule has 2 aromatic rings. The number of halogens is 1. The first-order chi connectivity index (χ1) is 10.5. The first-order valence-electron chi connectivity index (χ1n) is 6.32. The third-order valence-corrected chi connectivity index (χ3v) is 3.25. The Morgan fingerprint density at radius 3 is 3.05 bits per heavy atom. The molecule has 1 aromatic carbocycles. The van der Waals surface area contributed by atoms with Crippen LogP contribution in [0.4, 0.5) is 11.4 Å². The van der Waals surface area contributed by atoms with Gasteiger partial charge in [-0.25, -0.2) is 5.10 Å². The van der Waals surface area contributed by atoms with Crippen molar-refractivity contribution in [3.05, 3.63) is 51.4 Å². The molecule has 1 amide bonds. The molecule has 1 heterocycles. The SMILES string of the molecule is C#Cc1cccc(NC(=O)CN(C)c2cn[nH]c(=O)c2Cl)c1. The van der Waals surface area contributed by atoms with E-state index in [1.165, 1.54) is 11.1 Å². The summed E-state index contributed by atoms with van der Waals surface area (Å²) in [6.45, 7) is 0.00509. The molecule has 112 valence electrons. The molecular weight excluding hydrogens is 304 g/mol. The van der Waals surface area contributed by atoms with Gasteiger partial charge in [0.15, 0.2) is 0 Å². The zero-order chi connectivity index (χ0) is 16.1. The molecule has 2 N–H and O–H groups in total. The molecule has 0 aliphatic rings. The van der Waals surface area contributed by atoms with E-state index in [0.717, 1.165) is 0 Å². The van der Waals surface area contributed by atoms with E-state index in [-0.39, 0.29) is 17.5 Å². The molecule has 0 unspecified atom stereocenters. The topological polar surface area (TPSA) is 78.1 Å². The van der Waals surface area contributed by atoms with Gasteiger partial charge in [0.2, 0.25) is 5.91 Å². The van der Waals surface area contributed by atoms with E-state index in [9.17, 15) is 9.59 Å². The Hall–Kier alpha value is -2.78. The summed E-state index contributed by atoms with van der Waals surface area (Å²) >= 11 is 5.89. The lowest BCUT2D eigenvalue weighted by molar-refractivity contribution is -0.114. The van der Waals surface area contributed by atoms with Gasteiger partial charge in [0, 0.05) is 18.3 Å².